The Kier molecular flexibility index (Phi) is 2.70. The summed E-state index contributed by atoms with van der Waals surface area (Å²) in [6, 6.07) is 6.02. The van der Waals surface area contributed by atoms with Gasteiger partial charge in [0, 0.05) is 17.8 Å². The van der Waals surface area contributed by atoms with Gasteiger partial charge in [-0.15, -0.1) is 0 Å². The summed E-state index contributed by atoms with van der Waals surface area (Å²) in [5.41, 5.74) is 6.75. The Bertz CT molecular complexity index is 461. The van der Waals surface area contributed by atoms with Crippen LogP contribution in [0.5, 0.6) is 0 Å². The lowest BCUT2D eigenvalue weighted by Gasteiger charge is -2.02. The molecule has 2 aromatic rings. The van der Waals surface area contributed by atoms with Gasteiger partial charge in [0.25, 0.3) is 0 Å². The highest BCUT2D eigenvalue weighted by atomic mass is 35.5. The van der Waals surface area contributed by atoms with Gasteiger partial charge < -0.3 is 5.73 Å². The van der Waals surface area contributed by atoms with Crippen molar-refractivity contribution in [2.75, 3.05) is 0 Å². The van der Waals surface area contributed by atoms with E-state index in [1.807, 2.05) is 0 Å². The van der Waals surface area contributed by atoms with Gasteiger partial charge in [0.05, 0.1) is 11.4 Å². The van der Waals surface area contributed by atoms with Crippen LogP contribution in [0.3, 0.4) is 0 Å². The molecule has 0 atom stereocenters. The minimum absolute atomic E-state index is 0.342. The van der Waals surface area contributed by atoms with Crippen LogP contribution in [-0.2, 0) is 6.54 Å². The topological polar surface area (TPSA) is 43.8 Å². The molecule has 0 fully saturated rings. The third kappa shape index (κ3) is 2.16. The number of benzene rings is 1. The summed E-state index contributed by atoms with van der Waals surface area (Å²) >= 11 is 5.73. The number of hydrogen-bond acceptors (Lipinski definition) is 2. The molecule has 0 bridgehead atoms. The van der Waals surface area contributed by atoms with Crippen LogP contribution in [0.15, 0.2) is 30.5 Å². The predicted octanol–water partition coefficient (Wildman–Crippen LogP) is 2.12. The smallest absolute Gasteiger partial charge is 0.126 e. The van der Waals surface area contributed by atoms with Gasteiger partial charge >= 0.3 is 0 Å². The van der Waals surface area contributed by atoms with Crippen molar-refractivity contribution in [2.45, 2.75) is 6.54 Å². The molecular weight excluding hydrogens is 217 g/mol. The van der Waals surface area contributed by atoms with Crippen LogP contribution in [0.2, 0.25) is 5.02 Å². The van der Waals surface area contributed by atoms with E-state index in [-0.39, 0.29) is 5.82 Å². The molecule has 0 saturated carbocycles. The Hall–Kier alpha value is -1.39. The van der Waals surface area contributed by atoms with E-state index in [9.17, 15) is 4.39 Å². The summed E-state index contributed by atoms with van der Waals surface area (Å²) < 4.78 is 14.6. The van der Waals surface area contributed by atoms with Crippen molar-refractivity contribution in [1.29, 1.82) is 0 Å². The monoisotopic (exact) mass is 225 g/mol. The summed E-state index contributed by atoms with van der Waals surface area (Å²) in [7, 11) is 0. The third-order valence-corrected chi connectivity index (χ3v) is 2.18. The quantitative estimate of drug-likeness (QED) is 0.851. The van der Waals surface area contributed by atoms with Gasteiger partial charge in [0.15, 0.2) is 0 Å². The zero-order valence-corrected chi connectivity index (χ0v) is 8.58. The van der Waals surface area contributed by atoms with Crippen molar-refractivity contribution >= 4 is 11.6 Å². The molecule has 15 heavy (non-hydrogen) atoms. The maximum absolute atomic E-state index is 13.1. The Balaban J connectivity index is 2.44. The number of nitrogens with zero attached hydrogens (tertiary/aromatic N) is 2. The second-order valence-electron chi connectivity index (χ2n) is 3.08. The Morgan fingerprint density at radius 1 is 1.40 bits per heavy atom. The van der Waals surface area contributed by atoms with Crippen LogP contribution in [0.4, 0.5) is 4.39 Å². The van der Waals surface area contributed by atoms with Crippen LogP contribution in [0.25, 0.3) is 5.69 Å². The first-order valence-corrected chi connectivity index (χ1v) is 4.78. The highest BCUT2D eigenvalue weighted by molar-refractivity contribution is 6.30. The lowest BCUT2D eigenvalue weighted by Crippen LogP contribution is -2.00. The Morgan fingerprint density at radius 2 is 2.20 bits per heavy atom. The SMILES string of the molecule is NCc1ccn(-c2cc(F)cc(Cl)c2)n1. The summed E-state index contributed by atoms with van der Waals surface area (Å²) in [6.45, 7) is 0.357. The van der Waals surface area contributed by atoms with E-state index in [0.717, 1.165) is 5.69 Å². The first-order valence-electron chi connectivity index (χ1n) is 4.40. The van der Waals surface area contributed by atoms with Gasteiger partial charge in [-0.1, -0.05) is 11.6 Å². The fourth-order valence-electron chi connectivity index (χ4n) is 1.29. The molecule has 0 aliphatic carbocycles. The fraction of sp³-hybridized carbons (Fsp3) is 0.100. The highest BCUT2D eigenvalue weighted by Crippen LogP contribution is 2.17. The molecule has 5 heteroatoms. The molecule has 0 aliphatic heterocycles. The number of nitrogens with two attached hydrogens (primary N) is 1. The standard InChI is InChI=1S/C10H9ClFN3/c11-7-3-8(12)5-10(4-7)15-2-1-9(6-13)14-15/h1-5H,6,13H2. The van der Waals surface area contributed by atoms with Gasteiger partial charge in [-0.3, -0.25) is 0 Å². The summed E-state index contributed by atoms with van der Waals surface area (Å²) in [5, 5.41) is 4.49. The first-order chi connectivity index (χ1) is 7.19. The third-order valence-electron chi connectivity index (χ3n) is 1.97. The van der Waals surface area contributed by atoms with E-state index in [0.29, 0.717) is 17.3 Å². The Labute approximate surface area is 91.3 Å². The van der Waals surface area contributed by atoms with Crippen molar-refractivity contribution < 1.29 is 4.39 Å². The van der Waals surface area contributed by atoms with E-state index in [1.165, 1.54) is 16.8 Å². The summed E-state index contributed by atoms with van der Waals surface area (Å²) in [6.07, 6.45) is 1.72. The Morgan fingerprint density at radius 3 is 2.80 bits per heavy atom. The maximum atomic E-state index is 13.1. The van der Waals surface area contributed by atoms with Gasteiger partial charge in [-0.05, 0) is 24.3 Å². The molecule has 1 aromatic carbocycles. The van der Waals surface area contributed by atoms with Gasteiger partial charge in [-0.25, -0.2) is 9.07 Å². The molecule has 0 amide bonds. The molecule has 3 nitrogen and oxygen atoms in total. The second kappa shape index (κ2) is 4.00. The van der Waals surface area contributed by atoms with Crippen LogP contribution < -0.4 is 5.73 Å². The molecule has 1 heterocycles. The molecular formula is C10H9ClFN3. The average molecular weight is 226 g/mol. The van der Waals surface area contributed by atoms with E-state index < -0.39 is 0 Å². The van der Waals surface area contributed by atoms with Crippen molar-refractivity contribution in [2.24, 2.45) is 5.73 Å². The highest BCUT2D eigenvalue weighted by Gasteiger charge is 2.03. The second-order valence-corrected chi connectivity index (χ2v) is 3.52. The van der Waals surface area contributed by atoms with Crippen molar-refractivity contribution in [3.05, 3.63) is 47.0 Å². The van der Waals surface area contributed by atoms with Crippen LogP contribution in [0, 0.1) is 5.82 Å². The zero-order chi connectivity index (χ0) is 10.8. The molecule has 0 unspecified atom stereocenters. The molecule has 1 aromatic heterocycles. The lowest BCUT2D eigenvalue weighted by molar-refractivity contribution is 0.625. The predicted molar refractivity (Wildman–Crippen MR) is 56.4 cm³/mol. The largest absolute Gasteiger partial charge is 0.325 e. The van der Waals surface area contributed by atoms with Crippen LogP contribution in [0.1, 0.15) is 5.69 Å². The van der Waals surface area contributed by atoms with Crippen LogP contribution in [-0.4, -0.2) is 9.78 Å². The van der Waals surface area contributed by atoms with Crippen molar-refractivity contribution in [3.63, 3.8) is 0 Å². The van der Waals surface area contributed by atoms with Crippen molar-refractivity contribution in [1.82, 2.24) is 9.78 Å². The molecule has 0 aliphatic rings. The zero-order valence-electron chi connectivity index (χ0n) is 7.82. The first kappa shape index (κ1) is 10.1. The normalized spacial score (nSPS) is 10.6. The lowest BCUT2D eigenvalue weighted by atomic mass is 10.3. The number of aromatic nitrogens is 2. The number of halogens is 2. The number of rotatable bonds is 2. The molecule has 2 N–H and O–H groups in total. The van der Waals surface area contributed by atoms with E-state index in [4.69, 9.17) is 17.3 Å². The minimum Gasteiger partial charge on any atom is -0.325 e. The maximum Gasteiger partial charge on any atom is 0.126 e. The molecule has 0 saturated heterocycles. The summed E-state index contributed by atoms with van der Waals surface area (Å²) in [5.74, 6) is -0.387. The molecule has 0 spiro atoms. The fourth-order valence-corrected chi connectivity index (χ4v) is 1.50. The van der Waals surface area contributed by atoms with Crippen LogP contribution >= 0.6 is 11.6 Å². The van der Waals surface area contributed by atoms with E-state index in [2.05, 4.69) is 5.10 Å². The van der Waals surface area contributed by atoms with Gasteiger partial charge in [-0.2, -0.15) is 5.10 Å². The summed E-state index contributed by atoms with van der Waals surface area (Å²) in [4.78, 5) is 0. The number of hydrogen-bond donors (Lipinski definition) is 1. The molecule has 2 rings (SSSR count). The van der Waals surface area contributed by atoms with Gasteiger partial charge in [0.1, 0.15) is 5.82 Å². The van der Waals surface area contributed by atoms with Gasteiger partial charge in [0.2, 0.25) is 0 Å². The minimum atomic E-state index is -0.387. The van der Waals surface area contributed by atoms with E-state index >= 15 is 0 Å². The molecule has 0 radical (unpaired) electrons. The average Bonchev–Trinajstić information content (AvgIpc) is 2.64. The molecule has 78 valence electrons. The van der Waals surface area contributed by atoms with E-state index in [1.54, 1.807) is 18.3 Å². The van der Waals surface area contributed by atoms with Crippen molar-refractivity contribution in [3.8, 4) is 5.69 Å².